The summed E-state index contributed by atoms with van der Waals surface area (Å²) in [6, 6.07) is 12.9. The molecule has 2 aromatic carbocycles. The monoisotopic (exact) mass is 244 g/mol. The van der Waals surface area contributed by atoms with Gasteiger partial charge in [-0.3, -0.25) is 9.01 Å². The number of amidine groups is 1. The van der Waals surface area contributed by atoms with Gasteiger partial charge in [0.05, 0.1) is 0 Å². The van der Waals surface area contributed by atoms with Gasteiger partial charge in [-0.1, -0.05) is 41.6 Å². The van der Waals surface area contributed by atoms with E-state index in [1.54, 1.807) is 0 Å². The van der Waals surface area contributed by atoms with Crippen molar-refractivity contribution >= 4 is 28.8 Å². The summed E-state index contributed by atoms with van der Waals surface area (Å²) < 4.78 is 7.84. The Morgan fingerprint density at radius 2 is 2.24 bits per heavy atom. The molecule has 0 spiro atoms. The predicted octanol–water partition coefficient (Wildman–Crippen LogP) is 3.19. The molecule has 1 heterocycles. The third kappa shape index (κ3) is 2.08. The summed E-state index contributed by atoms with van der Waals surface area (Å²) in [5.74, 6) is 0.863. The first-order chi connectivity index (χ1) is 8.33. The molecule has 3 rings (SSSR count). The maximum atomic E-state index is 4.83. The lowest BCUT2D eigenvalue weighted by Crippen LogP contribution is -2.13. The van der Waals surface area contributed by atoms with Gasteiger partial charge in [0.2, 0.25) is 12.2 Å². The van der Waals surface area contributed by atoms with E-state index in [9.17, 15) is 0 Å². The number of rotatable bonds is 2. The second kappa shape index (κ2) is 4.30. The molecule has 0 aliphatic carbocycles. The molecule has 2 aromatic rings. The number of hydrogen-bond donors (Lipinski definition) is 1. The van der Waals surface area contributed by atoms with Gasteiger partial charge in [-0.2, -0.15) is 0 Å². The highest BCUT2D eigenvalue weighted by molar-refractivity contribution is 7.93. The lowest BCUT2D eigenvalue weighted by molar-refractivity contribution is 0.415. The summed E-state index contributed by atoms with van der Waals surface area (Å²) in [5, 5.41) is 6.48. The van der Waals surface area contributed by atoms with Gasteiger partial charge in [-0.15, -0.1) is 0 Å². The van der Waals surface area contributed by atoms with Crippen molar-refractivity contribution < 1.29 is 4.28 Å². The van der Waals surface area contributed by atoms with E-state index in [-0.39, 0.29) is 0 Å². The molecule has 3 nitrogen and oxygen atoms in total. The lowest BCUT2D eigenvalue weighted by Gasteiger charge is -2.05. The van der Waals surface area contributed by atoms with E-state index in [1.807, 2.05) is 0 Å². The standard InChI is InChI=1S/C13H12N2OS/c1-9-3-2-4-11-7-10(5-6-12(9)11)8-13-14-16-17-15-13/h2-7H,8H2,1H3,(H,14,15). The molecule has 0 aromatic heterocycles. The lowest BCUT2D eigenvalue weighted by atomic mass is 10.0. The summed E-state index contributed by atoms with van der Waals surface area (Å²) in [6.07, 6.45) is 0.775. The Hall–Kier alpha value is -1.68. The van der Waals surface area contributed by atoms with E-state index < -0.39 is 0 Å². The molecule has 0 saturated carbocycles. The maximum absolute atomic E-state index is 4.83. The number of oxime groups is 1. The number of fused-ring (bicyclic) bond motifs is 1. The van der Waals surface area contributed by atoms with Crippen LogP contribution in [-0.4, -0.2) is 5.84 Å². The minimum atomic E-state index is 0.775. The molecule has 0 amide bonds. The van der Waals surface area contributed by atoms with E-state index in [4.69, 9.17) is 4.28 Å². The fraction of sp³-hybridized carbons (Fsp3) is 0.154. The van der Waals surface area contributed by atoms with Gasteiger partial charge >= 0.3 is 0 Å². The molecule has 0 fully saturated rings. The third-order valence-corrected chi connectivity index (χ3v) is 3.35. The molecule has 86 valence electrons. The highest BCUT2D eigenvalue weighted by Crippen LogP contribution is 2.20. The quantitative estimate of drug-likeness (QED) is 0.650. The molecule has 0 saturated heterocycles. The first-order valence-corrected chi connectivity index (χ1v) is 6.21. The molecule has 0 bridgehead atoms. The SMILES string of the molecule is Cc1cccc2cc(CC3=NOSN3)ccc12. The Labute approximate surface area is 104 Å². The van der Waals surface area contributed by atoms with Crippen molar-refractivity contribution in [3.05, 3.63) is 47.5 Å². The summed E-state index contributed by atoms with van der Waals surface area (Å²) in [5.41, 5.74) is 2.55. The Morgan fingerprint density at radius 3 is 3.06 bits per heavy atom. The predicted molar refractivity (Wildman–Crippen MR) is 71.6 cm³/mol. The molecule has 1 aliphatic rings. The van der Waals surface area contributed by atoms with Crippen LogP contribution < -0.4 is 4.72 Å². The highest BCUT2D eigenvalue weighted by atomic mass is 32.2. The number of nitrogens with one attached hydrogen (secondary N) is 1. The zero-order chi connectivity index (χ0) is 11.7. The molecule has 0 atom stereocenters. The van der Waals surface area contributed by atoms with Crippen LogP contribution >= 0.6 is 12.2 Å². The van der Waals surface area contributed by atoms with Gasteiger partial charge in [0.15, 0.2) is 5.84 Å². The van der Waals surface area contributed by atoms with Gasteiger partial charge in [-0.25, -0.2) is 0 Å². The van der Waals surface area contributed by atoms with Crippen molar-refractivity contribution in [1.82, 2.24) is 4.72 Å². The molecule has 4 heteroatoms. The van der Waals surface area contributed by atoms with E-state index in [1.165, 1.54) is 21.9 Å². The number of hydrogen-bond acceptors (Lipinski definition) is 4. The molecule has 0 unspecified atom stereocenters. The normalized spacial score (nSPS) is 14.3. The fourth-order valence-electron chi connectivity index (χ4n) is 2.02. The molecular weight excluding hydrogens is 232 g/mol. The van der Waals surface area contributed by atoms with Crippen LogP contribution in [0.5, 0.6) is 0 Å². The average Bonchev–Trinajstić information content (AvgIpc) is 2.82. The average molecular weight is 244 g/mol. The van der Waals surface area contributed by atoms with Crippen LogP contribution in [0.4, 0.5) is 0 Å². The smallest absolute Gasteiger partial charge is 0.208 e. The van der Waals surface area contributed by atoms with Crippen LogP contribution in [0.2, 0.25) is 0 Å². The van der Waals surface area contributed by atoms with Gasteiger partial charge < -0.3 is 0 Å². The van der Waals surface area contributed by atoms with Crippen molar-refractivity contribution in [3.63, 3.8) is 0 Å². The van der Waals surface area contributed by atoms with Crippen molar-refractivity contribution in [1.29, 1.82) is 0 Å². The summed E-state index contributed by atoms with van der Waals surface area (Å²) in [7, 11) is 0. The van der Waals surface area contributed by atoms with E-state index >= 15 is 0 Å². The van der Waals surface area contributed by atoms with E-state index in [2.05, 4.69) is 53.2 Å². The van der Waals surface area contributed by atoms with Crippen molar-refractivity contribution in [2.45, 2.75) is 13.3 Å². The maximum Gasteiger partial charge on any atom is 0.208 e. The van der Waals surface area contributed by atoms with Gasteiger partial charge in [0.1, 0.15) is 0 Å². The minimum absolute atomic E-state index is 0.775. The van der Waals surface area contributed by atoms with Crippen LogP contribution in [0.25, 0.3) is 10.8 Å². The van der Waals surface area contributed by atoms with Gasteiger partial charge in [0, 0.05) is 6.42 Å². The topological polar surface area (TPSA) is 33.6 Å². The number of aryl methyl sites for hydroxylation is 1. The van der Waals surface area contributed by atoms with Gasteiger partial charge in [-0.05, 0) is 28.8 Å². The Bertz CT molecular complexity index is 595. The summed E-state index contributed by atoms with van der Waals surface area (Å²) >= 11 is 1.15. The van der Waals surface area contributed by atoms with Crippen LogP contribution in [0.1, 0.15) is 11.1 Å². The molecule has 1 aliphatic heterocycles. The van der Waals surface area contributed by atoms with E-state index in [0.29, 0.717) is 0 Å². The first kappa shape index (κ1) is 10.5. The van der Waals surface area contributed by atoms with Crippen molar-refractivity contribution in [2.75, 3.05) is 0 Å². The van der Waals surface area contributed by atoms with Crippen LogP contribution in [-0.2, 0) is 10.7 Å². The molecule has 1 N–H and O–H groups in total. The molecule has 17 heavy (non-hydrogen) atoms. The summed E-state index contributed by atoms with van der Waals surface area (Å²) in [6.45, 7) is 2.13. The Kier molecular flexibility index (Phi) is 2.65. The zero-order valence-electron chi connectivity index (χ0n) is 9.43. The van der Waals surface area contributed by atoms with Gasteiger partial charge in [0.25, 0.3) is 0 Å². The van der Waals surface area contributed by atoms with Crippen molar-refractivity contribution in [3.8, 4) is 0 Å². The second-order valence-corrected chi connectivity index (χ2v) is 4.62. The Balaban J connectivity index is 1.96. The zero-order valence-corrected chi connectivity index (χ0v) is 10.3. The minimum Gasteiger partial charge on any atom is -0.297 e. The fourth-order valence-corrected chi connectivity index (χ4v) is 2.39. The number of benzene rings is 2. The Morgan fingerprint density at radius 1 is 1.29 bits per heavy atom. The summed E-state index contributed by atoms with van der Waals surface area (Å²) in [4.78, 5) is 0. The van der Waals surface area contributed by atoms with Crippen LogP contribution in [0, 0.1) is 6.92 Å². The van der Waals surface area contributed by atoms with E-state index in [0.717, 1.165) is 24.5 Å². The second-order valence-electron chi connectivity index (χ2n) is 4.11. The van der Waals surface area contributed by atoms with Crippen LogP contribution in [0.15, 0.2) is 41.6 Å². The molecular formula is C13H12N2OS. The highest BCUT2D eigenvalue weighted by Gasteiger charge is 2.09. The number of nitrogens with zero attached hydrogens (tertiary/aromatic N) is 1. The molecule has 0 radical (unpaired) electrons. The van der Waals surface area contributed by atoms with Crippen LogP contribution in [0.3, 0.4) is 0 Å². The van der Waals surface area contributed by atoms with Crippen molar-refractivity contribution in [2.24, 2.45) is 5.16 Å². The third-order valence-electron chi connectivity index (χ3n) is 2.88. The largest absolute Gasteiger partial charge is 0.297 e. The first-order valence-electron chi connectivity index (χ1n) is 5.47.